The predicted molar refractivity (Wildman–Crippen MR) is 84.1 cm³/mol. The number of methoxy groups -OCH3 is 2. The molecule has 3 rings (SSSR count). The third-order valence-electron chi connectivity index (χ3n) is 4.13. The molecular formula is C18H21NO2. The van der Waals surface area contributed by atoms with Gasteiger partial charge in [0.25, 0.3) is 0 Å². The summed E-state index contributed by atoms with van der Waals surface area (Å²) in [5.74, 6) is 1.90. The second-order valence-electron chi connectivity index (χ2n) is 5.34. The standard InChI is InChI=1S/C18H21NO2/c1-20-15-7-8-16-13(11-15)9-10-19-17(16)12-14-5-3-4-6-18(14)21-2/h3-8,11,17,19H,9-10,12H2,1-2H3. The van der Waals surface area contributed by atoms with Crippen molar-refractivity contribution in [3.8, 4) is 11.5 Å². The van der Waals surface area contributed by atoms with E-state index in [1.54, 1.807) is 14.2 Å². The van der Waals surface area contributed by atoms with Crippen LogP contribution < -0.4 is 14.8 Å². The van der Waals surface area contributed by atoms with E-state index < -0.39 is 0 Å². The van der Waals surface area contributed by atoms with Gasteiger partial charge >= 0.3 is 0 Å². The summed E-state index contributed by atoms with van der Waals surface area (Å²) in [5.41, 5.74) is 3.99. The van der Waals surface area contributed by atoms with Crippen LogP contribution in [0.1, 0.15) is 22.7 Å². The first-order valence-electron chi connectivity index (χ1n) is 7.34. The first-order chi connectivity index (χ1) is 10.3. The lowest BCUT2D eigenvalue weighted by atomic mass is 9.90. The van der Waals surface area contributed by atoms with Crippen LogP contribution in [0.3, 0.4) is 0 Å². The second-order valence-corrected chi connectivity index (χ2v) is 5.34. The molecule has 0 fully saturated rings. The topological polar surface area (TPSA) is 30.5 Å². The van der Waals surface area contributed by atoms with Crippen LogP contribution >= 0.6 is 0 Å². The molecule has 1 heterocycles. The Hall–Kier alpha value is -2.00. The van der Waals surface area contributed by atoms with Crippen molar-refractivity contribution in [3.63, 3.8) is 0 Å². The van der Waals surface area contributed by atoms with E-state index in [-0.39, 0.29) is 0 Å². The quantitative estimate of drug-likeness (QED) is 0.935. The summed E-state index contributed by atoms with van der Waals surface area (Å²) in [6, 6.07) is 14.9. The van der Waals surface area contributed by atoms with Gasteiger partial charge in [-0.1, -0.05) is 24.3 Å². The smallest absolute Gasteiger partial charge is 0.122 e. The molecule has 0 aromatic heterocycles. The molecule has 0 saturated heterocycles. The van der Waals surface area contributed by atoms with E-state index in [4.69, 9.17) is 9.47 Å². The molecule has 0 amide bonds. The molecule has 0 bridgehead atoms. The molecule has 2 aromatic carbocycles. The zero-order valence-electron chi connectivity index (χ0n) is 12.6. The Morgan fingerprint density at radius 2 is 1.95 bits per heavy atom. The maximum absolute atomic E-state index is 5.46. The number of rotatable bonds is 4. The Morgan fingerprint density at radius 3 is 2.76 bits per heavy atom. The minimum Gasteiger partial charge on any atom is -0.497 e. The van der Waals surface area contributed by atoms with Crippen LogP contribution in [0.5, 0.6) is 11.5 Å². The fourth-order valence-electron chi connectivity index (χ4n) is 3.03. The average molecular weight is 283 g/mol. The van der Waals surface area contributed by atoms with Crippen LogP contribution in [-0.4, -0.2) is 20.8 Å². The van der Waals surface area contributed by atoms with Crippen LogP contribution in [0.25, 0.3) is 0 Å². The molecule has 3 heteroatoms. The summed E-state index contributed by atoms with van der Waals surface area (Å²) < 4.78 is 10.8. The van der Waals surface area contributed by atoms with Crippen molar-refractivity contribution >= 4 is 0 Å². The van der Waals surface area contributed by atoms with E-state index in [1.807, 2.05) is 18.2 Å². The van der Waals surface area contributed by atoms with Gasteiger partial charge in [-0.15, -0.1) is 0 Å². The number of benzene rings is 2. The highest BCUT2D eigenvalue weighted by Crippen LogP contribution is 2.31. The molecule has 0 radical (unpaired) electrons. The molecule has 1 aliphatic heterocycles. The lowest BCUT2D eigenvalue weighted by molar-refractivity contribution is 0.402. The molecule has 110 valence electrons. The highest BCUT2D eigenvalue weighted by Gasteiger charge is 2.21. The fourth-order valence-corrected chi connectivity index (χ4v) is 3.03. The van der Waals surface area contributed by atoms with E-state index in [0.717, 1.165) is 30.9 Å². The van der Waals surface area contributed by atoms with Crippen LogP contribution in [0.2, 0.25) is 0 Å². The first-order valence-corrected chi connectivity index (χ1v) is 7.34. The normalized spacial score (nSPS) is 17.1. The molecule has 2 aromatic rings. The summed E-state index contributed by atoms with van der Waals surface area (Å²) in [7, 11) is 3.45. The van der Waals surface area contributed by atoms with E-state index in [0.29, 0.717) is 6.04 Å². The molecule has 21 heavy (non-hydrogen) atoms. The highest BCUT2D eigenvalue weighted by molar-refractivity contribution is 5.41. The minimum absolute atomic E-state index is 0.330. The van der Waals surface area contributed by atoms with Crippen molar-refractivity contribution in [1.82, 2.24) is 5.32 Å². The number of ether oxygens (including phenoxy) is 2. The molecule has 1 N–H and O–H groups in total. The number of nitrogens with one attached hydrogen (secondary N) is 1. The molecule has 1 atom stereocenters. The predicted octanol–water partition coefficient (Wildman–Crippen LogP) is 3.13. The first kappa shape index (κ1) is 14.0. The minimum atomic E-state index is 0.330. The maximum Gasteiger partial charge on any atom is 0.122 e. The Bertz CT molecular complexity index is 624. The molecular weight excluding hydrogens is 262 g/mol. The van der Waals surface area contributed by atoms with Gasteiger partial charge in [-0.05, 0) is 54.3 Å². The second kappa shape index (κ2) is 6.19. The zero-order chi connectivity index (χ0) is 14.7. The van der Waals surface area contributed by atoms with Gasteiger partial charge in [0.15, 0.2) is 0 Å². The lowest BCUT2D eigenvalue weighted by Gasteiger charge is -2.28. The van der Waals surface area contributed by atoms with Crippen molar-refractivity contribution in [2.45, 2.75) is 18.9 Å². The van der Waals surface area contributed by atoms with Gasteiger partial charge in [0, 0.05) is 6.04 Å². The Balaban J connectivity index is 1.88. The van der Waals surface area contributed by atoms with Crippen LogP contribution in [0.15, 0.2) is 42.5 Å². The summed E-state index contributed by atoms with van der Waals surface area (Å²) in [5, 5.41) is 3.62. The van der Waals surface area contributed by atoms with Crippen molar-refractivity contribution < 1.29 is 9.47 Å². The fraction of sp³-hybridized carbons (Fsp3) is 0.333. The van der Waals surface area contributed by atoms with Crippen molar-refractivity contribution in [2.24, 2.45) is 0 Å². The van der Waals surface area contributed by atoms with Gasteiger partial charge in [-0.2, -0.15) is 0 Å². The summed E-state index contributed by atoms with van der Waals surface area (Å²) >= 11 is 0. The van der Waals surface area contributed by atoms with Crippen LogP contribution in [-0.2, 0) is 12.8 Å². The van der Waals surface area contributed by atoms with E-state index in [2.05, 4.69) is 29.6 Å². The molecule has 0 aliphatic carbocycles. The van der Waals surface area contributed by atoms with E-state index in [9.17, 15) is 0 Å². The monoisotopic (exact) mass is 283 g/mol. The molecule has 1 unspecified atom stereocenters. The number of para-hydroxylation sites is 1. The largest absolute Gasteiger partial charge is 0.497 e. The van der Waals surface area contributed by atoms with Gasteiger partial charge in [-0.3, -0.25) is 0 Å². The molecule has 3 nitrogen and oxygen atoms in total. The van der Waals surface area contributed by atoms with Crippen LogP contribution in [0.4, 0.5) is 0 Å². The molecule has 1 aliphatic rings. The number of hydrogen-bond acceptors (Lipinski definition) is 3. The zero-order valence-corrected chi connectivity index (χ0v) is 12.6. The van der Waals surface area contributed by atoms with Gasteiger partial charge in [-0.25, -0.2) is 0 Å². The SMILES string of the molecule is COc1ccc2c(c1)CCNC2Cc1ccccc1OC. The average Bonchev–Trinajstić information content (AvgIpc) is 2.55. The van der Waals surface area contributed by atoms with Crippen molar-refractivity contribution in [3.05, 3.63) is 59.2 Å². The van der Waals surface area contributed by atoms with Gasteiger partial charge < -0.3 is 14.8 Å². The highest BCUT2D eigenvalue weighted by atomic mass is 16.5. The summed E-state index contributed by atoms with van der Waals surface area (Å²) in [4.78, 5) is 0. The third kappa shape index (κ3) is 2.88. The van der Waals surface area contributed by atoms with E-state index >= 15 is 0 Å². The molecule has 0 saturated carbocycles. The summed E-state index contributed by atoms with van der Waals surface area (Å²) in [6.07, 6.45) is 1.98. The van der Waals surface area contributed by atoms with E-state index in [1.165, 1.54) is 16.7 Å². The van der Waals surface area contributed by atoms with Crippen molar-refractivity contribution in [2.75, 3.05) is 20.8 Å². The van der Waals surface area contributed by atoms with Gasteiger partial charge in [0.1, 0.15) is 11.5 Å². The Kier molecular flexibility index (Phi) is 4.11. The lowest BCUT2D eigenvalue weighted by Crippen LogP contribution is -2.31. The Labute approximate surface area is 125 Å². The Morgan fingerprint density at radius 1 is 1.10 bits per heavy atom. The number of hydrogen-bond donors (Lipinski definition) is 1. The maximum atomic E-state index is 5.46. The number of fused-ring (bicyclic) bond motifs is 1. The van der Waals surface area contributed by atoms with Gasteiger partial charge in [0.05, 0.1) is 14.2 Å². The van der Waals surface area contributed by atoms with Gasteiger partial charge in [0.2, 0.25) is 0 Å². The van der Waals surface area contributed by atoms with Crippen molar-refractivity contribution in [1.29, 1.82) is 0 Å². The summed E-state index contributed by atoms with van der Waals surface area (Å²) in [6.45, 7) is 1.000. The molecule has 0 spiro atoms. The third-order valence-corrected chi connectivity index (χ3v) is 4.13. The van der Waals surface area contributed by atoms with Crippen LogP contribution in [0, 0.1) is 0 Å².